The van der Waals surface area contributed by atoms with Gasteiger partial charge in [-0.2, -0.15) is 5.10 Å². The van der Waals surface area contributed by atoms with E-state index in [1.165, 1.54) is 5.56 Å². The number of ether oxygens (including phenoxy) is 1. The molecule has 5 heteroatoms. The van der Waals surface area contributed by atoms with E-state index in [-0.39, 0.29) is 6.04 Å². The zero-order valence-electron chi connectivity index (χ0n) is 12.8. The first-order valence-corrected chi connectivity index (χ1v) is 8.09. The summed E-state index contributed by atoms with van der Waals surface area (Å²) in [6, 6.07) is 8.47. The molecular formula is C16H22BrN3O. The second-order valence-electron chi connectivity index (χ2n) is 4.85. The third kappa shape index (κ3) is 3.66. The highest BCUT2D eigenvalue weighted by Crippen LogP contribution is 2.30. The van der Waals surface area contributed by atoms with Gasteiger partial charge in [0.15, 0.2) is 5.75 Å². The van der Waals surface area contributed by atoms with Crippen LogP contribution < -0.4 is 10.1 Å². The second kappa shape index (κ2) is 7.61. The normalized spacial score (nSPS) is 12.4. The summed E-state index contributed by atoms with van der Waals surface area (Å²) in [7, 11) is 1.69. The van der Waals surface area contributed by atoms with Crippen LogP contribution in [0.3, 0.4) is 0 Å². The molecule has 0 saturated heterocycles. The van der Waals surface area contributed by atoms with Crippen molar-refractivity contribution in [3.05, 3.63) is 46.2 Å². The molecule has 0 fully saturated rings. The second-order valence-corrected chi connectivity index (χ2v) is 5.77. The van der Waals surface area contributed by atoms with Crippen molar-refractivity contribution in [3.8, 4) is 5.75 Å². The molecule has 1 aromatic heterocycles. The average Bonchev–Trinajstić information content (AvgIpc) is 2.92. The standard InChI is InChI=1S/C16H22BrN3O/c1-4-10-18-15(12-6-8-13(17)9-7-12)16-14(21-3)11-19-20(16)5-2/h6-9,11,15,18H,4-5,10H2,1-3H3. The Morgan fingerprint density at radius 1 is 1.29 bits per heavy atom. The van der Waals surface area contributed by atoms with E-state index in [1.54, 1.807) is 13.3 Å². The Morgan fingerprint density at radius 3 is 2.57 bits per heavy atom. The molecule has 0 aliphatic rings. The smallest absolute Gasteiger partial charge is 0.161 e. The molecule has 0 saturated carbocycles. The van der Waals surface area contributed by atoms with E-state index < -0.39 is 0 Å². The van der Waals surface area contributed by atoms with Gasteiger partial charge in [0.25, 0.3) is 0 Å². The molecule has 0 spiro atoms. The van der Waals surface area contributed by atoms with Crippen LogP contribution in [0.1, 0.15) is 37.6 Å². The van der Waals surface area contributed by atoms with Crippen molar-refractivity contribution in [1.82, 2.24) is 15.1 Å². The minimum Gasteiger partial charge on any atom is -0.493 e. The van der Waals surface area contributed by atoms with Crippen LogP contribution in [0.25, 0.3) is 0 Å². The lowest BCUT2D eigenvalue weighted by Gasteiger charge is -2.21. The van der Waals surface area contributed by atoms with Gasteiger partial charge in [-0.05, 0) is 37.6 Å². The molecule has 0 amide bonds. The number of hydrogen-bond donors (Lipinski definition) is 1. The Hall–Kier alpha value is -1.33. The summed E-state index contributed by atoms with van der Waals surface area (Å²) in [4.78, 5) is 0. The lowest BCUT2D eigenvalue weighted by molar-refractivity contribution is 0.398. The highest BCUT2D eigenvalue weighted by Gasteiger charge is 2.22. The zero-order chi connectivity index (χ0) is 15.2. The van der Waals surface area contributed by atoms with Crippen molar-refractivity contribution in [2.45, 2.75) is 32.9 Å². The van der Waals surface area contributed by atoms with Crippen molar-refractivity contribution in [3.63, 3.8) is 0 Å². The number of nitrogens with zero attached hydrogens (tertiary/aromatic N) is 2. The summed E-state index contributed by atoms with van der Waals surface area (Å²) in [5, 5.41) is 8.02. The fourth-order valence-corrected chi connectivity index (χ4v) is 2.66. The Bertz CT molecular complexity index is 544. The number of rotatable bonds is 7. The predicted molar refractivity (Wildman–Crippen MR) is 88.7 cm³/mol. The fourth-order valence-electron chi connectivity index (χ4n) is 2.39. The number of methoxy groups -OCH3 is 1. The van der Waals surface area contributed by atoms with Crippen molar-refractivity contribution < 1.29 is 4.74 Å². The summed E-state index contributed by atoms with van der Waals surface area (Å²) in [6.07, 6.45) is 2.87. The molecule has 0 aliphatic carbocycles. The van der Waals surface area contributed by atoms with Gasteiger partial charge in [-0.3, -0.25) is 4.68 Å². The van der Waals surface area contributed by atoms with E-state index in [4.69, 9.17) is 4.74 Å². The monoisotopic (exact) mass is 351 g/mol. The topological polar surface area (TPSA) is 39.1 Å². The van der Waals surface area contributed by atoms with Gasteiger partial charge in [0.05, 0.1) is 19.3 Å². The molecule has 1 unspecified atom stereocenters. The number of aryl methyl sites for hydroxylation is 1. The van der Waals surface area contributed by atoms with Gasteiger partial charge in [0, 0.05) is 11.0 Å². The average molecular weight is 352 g/mol. The molecule has 2 rings (SSSR count). The van der Waals surface area contributed by atoms with E-state index in [9.17, 15) is 0 Å². The minimum atomic E-state index is 0.0791. The molecule has 1 N–H and O–H groups in total. The molecule has 1 aromatic carbocycles. The van der Waals surface area contributed by atoms with Crippen LogP contribution in [0.5, 0.6) is 5.75 Å². The molecule has 2 aromatic rings. The van der Waals surface area contributed by atoms with Crippen LogP contribution in [0.15, 0.2) is 34.9 Å². The van der Waals surface area contributed by atoms with Crippen LogP contribution in [0.4, 0.5) is 0 Å². The van der Waals surface area contributed by atoms with E-state index >= 15 is 0 Å². The van der Waals surface area contributed by atoms with Gasteiger partial charge >= 0.3 is 0 Å². The number of hydrogen-bond acceptors (Lipinski definition) is 3. The van der Waals surface area contributed by atoms with Crippen LogP contribution in [-0.4, -0.2) is 23.4 Å². The van der Waals surface area contributed by atoms with Crippen LogP contribution in [0, 0.1) is 0 Å². The highest BCUT2D eigenvalue weighted by molar-refractivity contribution is 9.10. The quantitative estimate of drug-likeness (QED) is 0.825. The Morgan fingerprint density at radius 2 is 2.00 bits per heavy atom. The predicted octanol–water partition coefficient (Wildman–Crippen LogP) is 3.76. The fraction of sp³-hybridized carbons (Fsp3) is 0.438. The summed E-state index contributed by atoms with van der Waals surface area (Å²) in [5.74, 6) is 0.827. The van der Waals surface area contributed by atoms with Gasteiger partial charge in [0.1, 0.15) is 5.69 Å². The minimum absolute atomic E-state index is 0.0791. The molecular weight excluding hydrogens is 330 g/mol. The number of nitrogens with one attached hydrogen (secondary N) is 1. The Balaban J connectivity index is 2.44. The number of benzene rings is 1. The molecule has 0 radical (unpaired) electrons. The SMILES string of the molecule is CCCNC(c1ccc(Br)cc1)c1c(OC)cnn1CC. The van der Waals surface area contributed by atoms with Gasteiger partial charge in [-0.15, -0.1) is 0 Å². The van der Waals surface area contributed by atoms with E-state index in [0.717, 1.165) is 35.4 Å². The molecule has 21 heavy (non-hydrogen) atoms. The zero-order valence-corrected chi connectivity index (χ0v) is 14.4. The lowest BCUT2D eigenvalue weighted by atomic mass is 10.0. The van der Waals surface area contributed by atoms with Gasteiger partial charge in [-0.25, -0.2) is 0 Å². The molecule has 1 atom stereocenters. The van der Waals surface area contributed by atoms with Gasteiger partial charge in [0.2, 0.25) is 0 Å². The van der Waals surface area contributed by atoms with Crippen molar-refractivity contribution in [2.75, 3.05) is 13.7 Å². The summed E-state index contributed by atoms with van der Waals surface area (Å²) in [5.41, 5.74) is 2.29. The molecule has 0 aliphatic heterocycles. The van der Waals surface area contributed by atoms with E-state index in [2.05, 4.69) is 64.5 Å². The van der Waals surface area contributed by atoms with Crippen LogP contribution >= 0.6 is 15.9 Å². The van der Waals surface area contributed by atoms with Gasteiger partial charge in [-0.1, -0.05) is 35.0 Å². The first-order chi connectivity index (χ1) is 10.2. The largest absolute Gasteiger partial charge is 0.493 e. The first-order valence-electron chi connectivity index (χ1n) is 7.29. The van der Waals surface area contributed by atoms with Crippen LogP contribution in [0.2, 0.25) is 0 Å². The Kier molecular flexibility index (Phi) is 5.82. The first kappa shape index (κ1) is 16.0. The number of halogens is 1. The third-order valence-corrected chi connectivity index (χ3v) is 3.97. The summed E-state index contributed by atoms with van der Waals surface area (Å²) in [6.45, 7) is 6.02. The van der Waals surface area contributed by atoms with E-state index in [1.807, 2.05) is 4.68 Å². The summed E-state index contributed by atoms with van der Waals surface area (Å²) < 4.78 is 8.58. The van der Waals surface area contributed by atoms with Crippen molar-refractivity contribution >= 4 is 15.9 Å². The summed E-state index contributed by atoms with van der Waals surface area (Å²) >= 11 is 3.49. The van der Waals surface area contributed by atoms with Gasteiger partial charge < -0.3 is 10.1 Å². The maximum absolute atomic E-state index is 5.50. The molecule has 0 bridgehead atoms. The maximum atomic E-state index is 5.50. The van der Waals surface area contributed by atoms with Crippen molar-refractivity contribution in [1.29, 1.82) is 0 Å². The van der Waals surface area contributed by atoms with E-state index in [0.29, 0.717) is 0 Å². The number of aromatic nitrogens is 2. The van der Waals surface area contributed by atoms with Crippen molar-refractivity contribution in [2.24, 2.45) is 0 Å². The lowest BCUT2D eigenvalue weighted by Crippen LogP contribution is -2.26. The van der Waals surface area contributed by atoms with Crippen LogP contribution in [-0.2, 0) is 6.54 Å². The third-order valence-electron chi connectivity index (χ3n) is 3.44. The molecule has 114 valence electrons. The molecule has 4 nitrogen and oxygen atoms in total. The molecule has 1 heterocycles. The highest BCUT2D eigenvalue weighted by atomic mass is 79.9. The maximum Gasteiger partial charge on any atom is 0.161 e. The Labute approximate surface area is 134 Å².